The molecule has 0 amide bonds. The molecule has 0 radical (unpaired) electrons. The van der Waals surface area contributed by atoms with Crippen molar-refractivity contribution in [1.82, 2.24) is 0 Å². The number of nitrogens with zero attached hydrogens (tertiary/aromatic N) is 1. The van der Waals surface area contributed by atoms with Gasteiger partial charge in [0, 0.05) is 16.5 Å². The molecule has 0 N–H and O–H groups in total. The average molecular weight is 383 g/mol. The first kappa shape index (κ1) is 15.6. The van der Waals surface area contributed by atoms with Gasteiger partial charge in [-0.3, -0.25) is 10.1 Å². The largest absolute Gasteiger partial charge is 0.273 e. The van der Waals surface area contributed by atoms with Crippen molar-refractivity contribution in [3.8, 4) is 0 Å². The monoisotopic (exact) mass is 381 g/mol. The summed E-state index contributed by atoms with van der Waals surface area (Å²) >= 11 is 6.47. The Kier molecular flexibility index (Phi) is 4.89. The van der Waals surface area contributed by atoms with Crippen molar-refractivity contribution in [3.63, 3.8) is 0 Å². The fourth-order valence-electron chi connectivity index (χ4n) is 1.41. The highest BCUT2D eigenvalue weighted by Gasteiger charge is 2.26. The van der Waals surface area contributed by atoms with Gasteiger partial charge in [-0.15, -0.1) is 0 Å². The number of nitro benzene ring substituents is 1. The van der Waals surface area contributed by atoms with Gasteiger partial charge in [-0.05, 0) is 33.8 Å². The van der Waals surface area contributed by atoms with E-state index in [1.54, 1.807) is 0 Å². The number of benzene rings is 1. The van der Waals surface area contributed by atoms with Crippen LogP contribution in [0.4, 0.5) is 10.1 Å². The van der Waals surface area contributed by atoms with Crippen LogP contribution in [-0.2, 0) is 6.42 Å². The molecule has 0 fully saturated rings. The van der Waals surface area contributed by atoms with Crippen molar-refractivity contribution in [2.75, 3.05) is 0 Å². The highest BCUT2D eigenvalue weighted by Crippen LogP contribution is 2.33. The summed E-state index contributed by atoms with van der Waals surface area (Å²) in [7, 11) is 0. The van der Waals surface area contributed by atoms with Crippen molar-refractivity contribution in [3.05, 3.63) is 38.1 Å². The maximum Gasteiger partial charge on any atom is 0.273 e. The number of halogens is 3. The molecule has 1 aromatic rings. The van der Waals surface area contributed by atoms with Crippen molar-refractivity contribution >= 4 is 37.5 Å². The van der Waals surface area contributed by atoms with Gasteiger partial charge < -0.3 is 0 Å². The topological polar surface area (TPSA) is 43.1 Å². The Balaban J connectivity index is 3.15. The predicted molar refractivity (Wildman–Crippen MR) is 76.6 cm³/mol. The minimum absolute atomic E-state index is 0.0317. The van der Waals surface area contributed by atoms with Gasteiger partial charge in [0.05, 0.1) is 9.40 Å². The van der Waals surface area contributed by atoms with Gasteiger partial charge in [-0.2, -0.15) is 0 Å². The number of rotatable bonds is 3. The highest BCUT2D eigenvalue weighted by molar-refractivity contribution is 9.10. The van der Waals surface area contributed by atoms with E-state index in [0.717, 1.165) is 0 Å². The molecule has 0 spiro atoms. The Morgan fingerprint density at radius 2 is 2.00 bits per heavy atom. The van der Waals surface area contributed by atoms with Crippen molar-refractivity contribution in [2.45, 2.75) is 32.0 Å². The lowest BCUT2D eigenvalue weighted by Crippen LogP contribution is -2.22. The minimum atomic E-state index is -0.484. The molecule has 0 aliphatic carbocycles. The molecule has 3 nitrogen and oxygen atoms in total. The van der Waals surface area contributed by atoms with Crippen molar-refractivity contribution in [2.24, 2.45) is 5.41 Å². The van der Waals surface area contributed by atoms with Crippen molar-refractivity contribution in [1.29, 1.82) is 0 Å². The van der Waals surface area contributed by atoms with Gasteiger partial charge in [-0.1, -0.05) is 36.7 Å². The zero-order valence-electron chi connectivity index (χ0n) is 10.3. The van der Waals surface area contributed by atoms with Crippen LogP contribution in [0.15, 0.2) is 16.6 Å². The Morgan fingerprint density at radius 1 is 1.44 bits per heavy atom. The SMILES string of the molecule is CC(C)(C)C(Br)Cc1cc(F)c(Br)cc1[N+](=O)[O-]. The van der Waals surface area contributed by atoms with Gasteiger partial charge >= 0.3 is 0 Å². The smallest absolute Gasteiger partial charge is 0.258 e. The molecule has 0 saturated heterocycles. The molecular weight excluding hydrogens is 369 g/mol. The van der Waals surface area contributed by atoms with E-state index in [9.17, 15) is 14.5 Å². The lowest BCUT2D eigenvalue weighted by molar-refractivity contribution is -0.385. The summed E-state index contributed by atoms with van der Waals surface area (Å²) in [6, 6.07) is 2.44. The molecule has 1 aromatic carbocycles. The molecule has 6 heteroatoms. The summed E-state index contributed by atoms with van der Waals surface area (Å²) in [6.45, 7) is 6.06. The van der Waals surface area contributed by atoms with Crippen molar-refractivity contribution < 1.29 is 9.31 Å². The fraction of sp³-hybridized carbons (Fsp3) is 0.500. The summed E-state index contributed by atoms with van der Waals surface area (Å²) in [4.78, 5) is 10.5. The third-order valence-corrected chi connectivity index (χ3v) is 4.96. The van der Waals surface area contributed by atoms with E-state index in [-0.39, 0.29) is 20.4 Å². The Labute approximate surface area is 122 Å². The van der Waals surface area contributed by atoms with Crippen LogP contribution in [0.25, 0.3) is 0 Å². The van der Waals surface area contributed by atoms with E-state index in [0.29, 0.717) is 12.0 Å². The summed E-state index contributed by atoms with van der Waals surface area (Å²) in [5.41, 5.74) is 0.284. The summed E-state index contributed by atoms with van der Waals surface area (Å²) in [5.74, 6) is -0.482. The molecule has 0 heterocycles. The van der Waals surface area contributed by atoms with Crippen LogP contribution in [0, 0.1) is 21.3 Å². The maximum atomic E-state index is 13.5. The van der Waals surface area contributed by atoms with E-state index >= 15 is 0 Å². The third kappa shape index (κ3) is 3.75. The van der Waals surface area contributed by atoms with E-state index in [2.05, 4.69) is 31.9 Å². The first-order chi connectivity index (χ1) is 8.12. The molecule has 0 aliphatic rings. The molecule has 0 aromatic heterocycles. The lowest BCUT2D eigenvalue weighted by atomic mass is 9.88. The Hall–Kier alpha value is -0.490. The summed E-state index contributed by atoms with van der Waals surface area (Å²) in [5, 5.41) is 11.0. The first-order valence-corrected chi connectivity index (χ1v) is 7.10. The zero-order chi connectivity index (χ0) is 14.1. The lowest BCUT2D eigenvalue weighted by Gasteiger charge is -2.25. The van der Waals surface area contributed by atoms with E-state index in [4.69, 9.17) is 0 Å². The van der Waals surface area contributed by atoms with Gasteiger partial charge in [0.15, 0.2) is 0 Å². The normalized spacial score (nSPS) is 13.4. The van der Waals surface area contributed by atoms with Crippen LogP contribution < -0.4 is 0 Å². The quantitative estimate of drug-likeness (QED) is 0.426. The van der Waals surface area contributed by atoms with Crippen LogP contribution in [0.2, 0.25) is 0 Å². The predicted octanol–water partition coefficient (Wildman–Crippen LogP) is 4.85. The molecule has 0 aliphatic heterocycles. The molecule has 1 rings (SSSR count). The second-order valence-electron chi connectivity index (χ2n) is 5.19. The first-order valence-electron chi connectivity index (χ1n) is 5.39. The number of hydrogen-bond acceptors (Lipinski definition) is 2. The molecule has 1 atom stereocenters. The molecule has 100 valence electrons. The number of nitro groups is 1. The van der Waals surface area contributed by atoms with Crippen LogP contribution in [0.3, 0.4) is 0 Å². The molecule has 0 bridgehead atoms. The summed E-state index contributed by atoms with van der Waals surface area (Å²) < 4.78 is 13.6. The Morgan fingerprint density at radius 3 is 2.44 bits per heavy atom. The molecule has 1 unspecified atom stereocenters. The van der Waals surface area contributed by atoms with Crippen LogP contribution in [-0.4, -0.2) is 9.75 Å². The average Bonchev–Trinajstić information content (AvgIpc) is 2.21. The van der Waals surface area contributed by atoms with Gasteiger partial charge in [-0.25, -0.2) is 4.39 Å². The molecule has 0 saturated carbocycles. The van der Waals surface area contributed by atoms with Crippen LogP contribution in [0.1, 0.15) is 26.3 Å². The van der Waals surface area contributed by atoms with Crippen LogP contribution in [0.5, 0.6) is 0 Å². The van der Waals surface area contributed by atoms with Crippen LogP contribution >= 0.6 is 31.9 Å². The molecule has 18 heavy (non-hydrogen) atoms. The third-order valence-electron chi connectivity index (χ3n) is 2.66. The second kappa shape index (κ2) is 5.65. The van der Waals surface area contributed by atoms with E-state index in [1.807, 2.05) is 20.8 Å². The maximum absolute atomic E-state index is 13.5. The second-order valence-corrected chi connectivity index (χ2v) is 7.15. The number of hydrogen-bond donors (Lipinski definition) is 0. The van der Waals surface area contributed by atoms with E-state index < -0.39 is 10.7 Å². The van der Waals surface area contributed by atoms with Gasteiger partial charge in [0.25, 0.3) is 5.69 Å². The standard InChI is InChI=1S/C12H14Br2FNO2/c1-12(2,3)11(14)5-7-4-9(15)8(13)6-10(7)16(17)18/h4,6,11H,5H2,1-3H3. The Bertz CT molecular complexity index is 472. The fourth-order valence-corrected chi connectivity index (χ4v) is 2.09. The minimum Gasteiger partial charge on any atom is -0.258 e. The number of alkyl halides is 1. The molecular formula is C12H14Br2FNO2. The zero-order valence-corrected chi connectivity index (χ0v) is 13.5. The van der Waals surface area contributed by atoms with Gasteiger partial charge in [0.1, 0.15) is 5.82 Å². The van der Waals surface area contributed by atoms with Gasteiger partial charge in [0.2, 0.25) is 0 Å². The summed E-state index contributed by atoms with van der Waals surface area (Å²) in [6.07, 6.45) is 0.407. The van der Waals surface area contributed by atoms with E-state index in [1.165, 1.54) is 12.1 Å². The highest BCUT2D eigenvalue weighted by atomic mass is 79.9.